The first-order valence-electron chi connectivity index (χ1n) is 3.63. The van der Waals surface area contributed by atoms with Gasteiger partial charge in [-0.15, -0.1) is 0 Å². The minimum absolute atomic E-state index is 0.0137. The van der Waals surface area contributed by atoms with Crippen LogP contribution < -0.4 is 5.73 Å². The number of carbonyl (C=O) groups is 1. The highest BCUT2D eigenvalue weighted by Crippen LogP contribution is 2.39. The second-order valence-corrected chi connectivity index (χ2v) is 3.54. The molecule has 0 aliphatic rings. The van der Waals surface area contributed by atoms with Crippen LogP contribution in [0.4, 0.5) is 18.9 Å². The molecule has 82 valence electrons. The number of nitrogen functional groups attached to an aromatic ring is 1. The summed E-state index contributed by atoms with van der Waals surface area (Å²) in [4.78, 5) is 10.6. The number of carboxylic acid groups (broad SMARTS) is 1. The van der Waals surface area contributed by atoms with Gasteiger partial charge in [0.15, 0.2) is 0 Å². The third-order valence-electron chi connectivity index (χ3n) is 1.71. The Balaban J connectivity index is 3.57. The molecule has 3 N–H and O–H groups in total. The summed E-state index contributed by atoms with van der Waals surface area (Å²) in [5.74, 6) is -1.67. The van der Waals surface area contributed by atoms with E-state index < -0.39 is 29.0 Å². The lowest BCUT2D eigenvalue weighted by Crippen LogP contribution is -2.16. The van der Waals surface area contributed by atoms with Gasteiger partial charge in [0.2, 0.25) is 0 Å². The van der Waals surface area contributed by atoms with Crippen molar-refractivity contribution in [3.8, 4) is 0 Å². The Hall–Kier alpha value is -1.24. The highest BCUT2D eigenvalue weighted by Gasteiger charge is 2.38. The lowest BCUT2D eigenvalue weighted by molar-refractivity contribution is -0.137. The maximum absolute atomic E-state index is 12.5. The molecule has 1 aromatic carbocycles. The van der Waals surface area contributed by atoms with Crippen LogP contribution in [0.3, 0.4) is 0 Å². The Morgan fingerprint density at radius 3 is 2.33 bits per heavy atom. The van der Waals surface area contributed by atoms with Crippen molar-refractivity contribution in [3.63, 3.8) is 0 Å². The maximum atomic E-state index is 12.5. The van der Waals surface area contributed by atoms with Crippen LogP contribution in [0.2, 0.25) is 0 Å². The molecule has 1 aromatic rings. The van der Waals surface area contributed by atoms with Crippen molar-refractivity contribution in [2.24, 2.45) is 0 Å². The van der Waals surface area contributed by atoms with Crippen LogP contribution in [-0.4, -0.2) is 11.1 Å². The van der Waals surface area contributed by atoms with E-state index in [9.17, 15) is 18.0 Å². The molecule has 15 heavy (non-hydrogen) atoms. The molecule has 7 heteroatoms. The fraction of sp³-hybridized carbons (Fsp3) is 0.125. The number of benzene rings is 1. The standard InChI is InChI=1S/C8H5BrF3NO2/c9-4-2-1-3(7(14)15)5(6(4)13)8(10,11)12/h1-2H,13H2,(H,14,15). The molecule has 1 rings (SSSR count). The van der Waals surface area contributed by atoms with Gasteiger partial charge in [0.1, 0.15) is 0 Å². The molecule has 0 unspecified atom stereocenters. The van der Waals surface area contributed by atoms with Crippen LogP contribution in [0.1, 0.15) is 15.9 Å². The fourth-order valence-electron chi connectivity index (χ4n) is 1.08. The number of carboxylic acids is 1. The highest BCUT2D eigenvalue weighted by atomic mass is 79.9. The molecular weight excluding hydrogens is 279 g/mol. The van der Waals surface area contributed by atoms with E-state index in [1.165, 1.54) is 0 Å². The van der Waals surface area contributed by atoms with E-state index in [2.05, 4.69) is 15.9 Å². The van der Waals surface area contributed by atoms with Crippen molar-refractivity contribution >= 4 is 27.6 Å². The summed E-state index contributed by atoms with van der Waals surface area (Å²) < 4.78 is 37.5. The molecule has 0 amide bonds. The predicted molar refractivity (Wildman–Crippen MR) is 50.5 cm³/mol. The number of alkyl halides is 3. The van der Waals surface area contributed by atoms with Crippen LogP contribution in [0.15, 0.2) is 16.6 Å². The van der Waals surface area contributed by atoms with E-state index in [-0.39, 0.29) is 4.47 Å². The van der Waals surface area contributed by atoms with Crippen LogP contribution in [0, 0.1) is 0 Å². The number of rotatable bonds is 1. The van der Waals surface area contributed by atoms with E-state index in [4.69, 9.17) is 10.8 Å². The van der Waals surface area contributed by atoms with Gasteiger partial charge in [-0.3, -0.25) is 0 Å². The minimum Gasteiger partial charge on any atom is -0.478 e. The van der Waals surface area contributed by atoms with Crippen LogP contribution >= 0.6 is 15.9 Å². The van der Waals surface area contributed by atoms with Gasteiger partial charge in [-0.1, -0.05) is 0 Å². The molecule has 0 heterocycles. The van der Waals surface area contributed by atoms with Crippen molar-refractivity contribution < 1.29 is 23.1 Å². The van der Waals surface area contributed by atoms with Crippen molar-refractivity contribution in [3.05, 3.63) is 27.7 Å². The third-order valence-corrected chi connectivity index (χ3v) is 2.40. The topological polar surface area (TPSA) is 63.3 Å². The lowest BCUT2D eigenvalue weighted by atomic mass is 10.1. The van der Waals surface area contributed by atoms with Gasteiger partial charge in [-0.05, 0) is 28.1 Å². The van der Waals surface area contributed by atoms with E-state index in [1.807, 2.05) is 0 Å². The number of nitrogens with two attached hydrogens (primary N) is 1. The smallest absolute Gasteiger partial charge is 0.419 e. The summed E-state index contributed by atoms with van der Waals surface area (Å²) in [5.41, 5.74) is 2.37. The van der Waals surface area contributed by atoms with Crippen molar-refractivity contribution in [1.29, 1.82) is 0 Å². The monoisotopic (exact) mass is 283 g/mol. The van der Waals surface area contributed by atoms with Gasteiger partial charge < -0.3 is 10.8 Å². The van der Waals surface area contributed by atoms with Crippen LogP contribution in [0.25, 0.3) is 0 Å². The number of halogens is 4. The summed E-state index contributed by atoms with van der Waals surface area (Å²) >= 11 is 2.80. The first kappa shape index (κ1) is 11.8. The molecule has 0 aromatic heterocycles. The van der Waals surface area contributed by atoms with Gasteiger partial charge in [-0.25, -0.2) is 4.79 Å². The first-order valence-corrected chi connectivity index (χ1v) is 4.43. The quantitative estimate of drug-likeness (QED) is 0.779. The molecular formula is C8H5BrF3NO2. The molecule has 3 nitrogen and oxygen atoms in total. The zero-order valence-electron chi connectivity index (χ0n) is 7.10. The van der Waals surface area contributed by atoms with Crippen LogP contribution in [0.5, 0.6) is 0 Å². The largest absolute Gasteiger partial charge is 0.478 e. The summed E-state index contributed by atoms with van der Waals surface area (Å²) in [5, 5.41) is 8.57. The van der Waals surface area contributed by atoms with Crippen molar-refractivity contribution in [1.82, 2.24) is 0 Å². The Kier molecular flexibility index (Phi) is 2.94. The van der Waals surface area contributed by atoms with E-state index in [0.29, 0.717) is 0 Å². The number of aromatic carboxylic acids is 1. The molecule has 0 fully saturated rings. The summed E-state index contributed by atoms with van der Waals surface area (Å²) in [7, 11) is 0. The average molecular weight is 284 g/mol. The fourth-order valence-corrected chi connectivity index (χ4v) is 1.41. The lowest BCUT2D eigenvalue weighted by Gasteiger charge is -2.13. The van der Waals surface area contributed by atoms with Crippen LogP contribution in [-0.2, 0) is 6.18 Å². The zero-order valence-corrected chi connectivity index (χ0v) is 8.69. The molecule has 0 saturated heterocycles. The van der Waals surface area contributed by atoms with Gasteiger partial charge in [-0.2, -0.15) is 13.2 Å². The summed E-state index contributed by atoms with van der Waals surface area (Å²) in [6, 6.07) is 2.01. The normalized spacial score (nSPS) is 11.5. The van der Waals surface area contributed by atoms with E-state index in [1.54, 1.807) is 0 Å². The van der Waals surface area contributed by atoms with E-state index in [0.717, 1.165) is 12.1 Å². The molecule has 0 bridgehead atoms. The zero-order chi connectivity index (χ0) is 11.8. The summed E-state index contributed by atoms with van der Waals surface area (Å²) in [6.07, 6.45) is -4.79. The van der Waals surface area contributed by atoms with Crippen molar-refractivity contribution in [2.45, 2.75) is 6.18 Å². The van der Waals surface area contributed by atoms with Gasteiger partial charge in [0, 0.05) is 4.47 Å². The molecule has 0 atom stereocenters. The minimum atomic E-state index is -4.79. The Morgan fingerprint density at radius 2 is 1.93 bits per heavy atom. The number of hydrogen-bond donors (Lipinski definition) is 2. The Morgan fingerprint density at radius 1 is 1.40 bits per heavy atom. The molecule has 0 saturated carbocycles. The number of anilines is 1. The molecule has 0 aliphatic carbocycles. The molecule has 0 aliphatic heterocycles. The first-order chi connectivity index (χ1) is 6.75. The second kappa shape index (κ2) is 3.73. The second-order valence-electron chi connectivity index (χ2n) is 2.69. The van der Waals surface area contributed by atoms with E-state index >= 15 is 0 Å². The predicted octanol–water partition coefficient (Wildman–Crippen LogP) is 2.75. The number of hydrogen-bond acceptors (Lipinski definition) is 2. The SMILES string of the molecule is Nc1c(Br)ccc(C(=O)O)c1C(F)(F)F. The summed E-state index contributed by atoms with van der Waals surface area (Å²) in [6.45, 7) is 0. The maximum Gasteiger partial charge on any atom is 0.419 e. The molecule has 0 spiro atoms. The Labute approximate surface area is 90.8 Å². The van der Waals surface area contributed by atoms with Crippen molar-refractivity contribution in [2.75, 3.05) is 5.73 Å². The Bertz CT molecular complexity index is 417. The highest BCUT2D eigenvalue weighted by molar-refractivity contribution is 9.10. The third kappa shape index (κ3) is 2.23. The van der Waals surface area contributed by atoms with Gasteiger partial charge in [0.25, 0.3) is 0 Å². The molecule has 0 radical (unpaired) electrons. The van der Waals surface area contributed by atoms with Gasteiger partial charge in [0.05, 0.1) is 16.8 Å². The van der Waals surface area contributed by atoms with Gasteiger partial charge >= 0.3 is 12.1 Å². The average Bonchev–Trinajstić information content (AvgIpc) is 2.06.